The molecule has 0 radical (unpaired) electrons. The van der Waals surface area contributed by atoms with Gasteiger partial charge in [-0.2, -0.15) is 0 Å². The lowest BCUT2D eigenvalue weighted by atomic mass is 10.1. The number of nitrogens with one attached hydrogen (secondary N) is 1. The summed E-state index contributed by atoms with van der Waals surface area (Å²) >= 11 is 0. The zero-order valence-corrected chi connectivity index (χ0v) is 11.6. The molecule has 1 aromatic heterocycles. The summed E-state index contributed by atoms with van der Waals surface area (Å²) in [6, 6.07) is 2.77. The molecule has 1 N–H and O–H groups in total. The predicted molar refractivity (Wildman–Crippen MR) is 74.5 cm³/mol. The highest BCUT2D eigenvalue weighted by atomic mass is 16.5. The second-order valence-electron chi connectivity index (χ2n) is 5.60. The van der Waals surface area contributed by atoms with Crippen LogP contribution >= 0.6 is 0 Å². The Labute approximate surface area is 113 Å². The number of methoxy groups -OCH3 is 1. The van der Waals surface area contributed by atoms with E-state index in [1.54, 1.807) is 7.11 Å². The number of ether oxygens (including phenoxy) is 1. The number of hydrogen-bond donors (Lipinski definition) is 1. The molecule has 0 bridgehead atoms. The van der Waals surface area contributed by atoms with Gasteiger partial charge in [-0.25, -0.2) is 0 Å². The minimum Gasteiger partial charge on any atom is -0.383 e. The molecule has 2 aliphatic rings. The summed E-state index contributed by atoms with van der Waals surface area (Å²) in [7, 11) is 1.68. The average molecular weight is 262 g/mol. The topological polar surface area (TPSA) is 43.3 Å². The number of nitrogens with zero attached hydrogens (tertiary/aromatic N) is 1. The maximum Gasteiger partial charge on any atom is 0.255 e. The lowest BCUT2D eigenvalue weighted by molar-refractivity contribution is 0.185. The van der Waals surface area contributed by atoms with Crippen LogP contribution in [0.3, 0.4) is 0 Å². The summed E-state index contributed by atoms with van der Waals surface area (Å²) in [4.78, 5) is 12.5. The first kappa shape index (κ1) is 12.9. The molecule has 4 heteroatoms. The van der Waals surface area contributed by atoms with Crippen molar-refractivity contribution in [3.63, 3.8) is 0 Å². The first-order valence-corrected chi connectivity index (χ1v) is 7.26. The normalized spacial score (nSPS) is 17.7. The van der Waals surface area contributed by atoms with E-state index in [9.17, 15) is 4.79 Å². The van der Waals surface area contributed by atoms with Crippen molar-refractivity contribution >= 4 is 0 Å². The van der Waals surface area contributed by atoms with E-state index >= 15 is 0 Å². The van der Waals surface area contributed by atoms with Crippen LogP contribution in [0.2, 0.25) is 0 Å². The van der Waals surface area contributed by atoms with Crippen LogP contribution < -0.4 is 10.9 Å². The fourth-order valence-corrected chi connectivity index (χ4v) is 2.87. The zero-order chi connectivity index (χ0) is 13.2. The van der Waals surface area contributed by atoms with Gasteiger partial charge in [0.15, 0.2) is 0 Å². The molecule has 2 aliphatic carbocycles. The molecule has 0 spiro atoms. The van der Waals surface area contributed by atoms with E-state index in [2.05, 4.69) is 11.4 Å². The third-order valence-corrected chi connectivity index (χ3v) is 4.10. The molecule has 4 nitrogen and oxygen atoms in total. The third kappa shape index (κ3) is 2.74. The number of rotatable bonds is 6. The SMILES string of the molecule is COCCn1c2c(cc(CNC3CC3)c1=O)CCC2. The Balaban J connectivity index is 1.88. The van der Waals surface area contributed by atoms with Crippen LogP contribution in [0.4, 0.5) is 0 Å². The van der Waals surface area contributed by atoms with Crippen LogP contribution in [0.25, 0.3) is 0 Å². The molecule has 1 aromatic rings. The minimum atomic E-state index is 0.172. The van der Waals surface area contributed by atoms with Crippen molar-refractivity contribution < 1.29 is 4.74 Å². The van der Waals surface area contributed by atoms with Crippen molar-refractivity contribution in [3.8, 4) is 0 Å². The van der Waals surface area contributed by atoms with Crippen molar-refractivity contribution in [3.05, 3.63) is 33.2 Å². The Morgan fingerprint density at radius 2 is 2.26 bits per heavy atom. The first-order chi connectivity index (χ1) is 9.29. The van der Waals surface area contributed by atoms with Gasteiger partial charge in [-0.3, -0.25) is 4.79 Å². The highest BCUT2D eigenvalue weighted by Crippen LogP contribution is 2.22. The van der Waals surface area contributed by atoms with Gasteiger partial charge >= 0.3 is 0 Å². The van der Waals surface area contributed by atoms with Gasteiger partial charge < -0.3 is 14.6 Å². The van der Waals surface area contributed by atoms with E-state index in [1.165, 1.54) is 30.5 Å². The number of pyridine rings is 1. The Morgan fingerprint density at radius 1 is 1.42 bits per heavy atom. The summed E-state index contributed by atoms with van der Waals surface area (Å²) in [5, 5.41) is 3.44. The van der Waals surface area contributed by atoms with Crippen LogP contribution in [0.1, 0.15) is 36.1 Å². The Morgan fingerprint density at radius 3 is 3.00 bits per heavy atom. The standard InChI is InChI=1S/C15H22N2O2/c1-19-8-7-17-14-4-2-3-11(14)9-12(15(17)18)10-16-13-5-6-13/h9,13,16H,2-8,10H2,1H3. The number of aryl methyl sites for hydroxylation is 1. The van der Waals surface area contributed by atoms with E-state index in [-0.39, 0.29) is 5.56 Å². The molecule has 0 saturated heterocycles. The smallest absolute Gasteiger partial charge is 0.255 e. The molecule has 0 unspecified atom stereocenters. The molecule has 3 rings (SSSR count). The largest absolute Gasteiger partial charge is 0.383 e. The second-order valence-corrected chi connectivity index (χ2v) is 5.60. The maximum absolute atomic E-state index is 12.5. The van der Waals surface area contributed by atoms with Crippen LogP contribution in [0.5, 0.6) is 0 Å². The molecular formula is C15H22N2O2. The zero-order valence-electron chi connectivity index (χ0n) is 11.6. The van der Waals surface area contributed by atoms with Gasteiger partial charge in [-0.15, -0.1) is 0 Å². The van der Waals surface area contributed by atoms with Gasteiger partial charge in [0, 0.05) is 37.5 Å². The van der Waals surface area contributed by atoms with Crippen molar-refractivity contribution in [2.45, 2.75) is 51.2 Å². The molecule has 19 heavy (non-hydrogen) atoms. The second kappa shape index (κ2) is 5.47. The van der Waals surface area contributed by atoms with Gasteiger partial charge in [0.2, 0.25) is 0 Å². The molecular weight excluding hydrogens is 240 g/mol. The lowest BCUT2D eigenvalue weighted by Gasteiger charge is -2.14. The van der Waals surface area contributed by atoms with Crippen molar-refractivity contribution in [2.24, 2.45) is 0 Å². The van der Waals surface area contributed by atoms with Gasteiger partial charge in [-0.05, 0) is 43.7 Å². The van der Waals surface area contributed by atoms with E-state index in [1.807, 2.05) is 4.57 Å². The van der Waals surface area contributed by atoms with Gasteiger partial charge in [0.1, 0.15) is 0 Å². The van der Waals surface area contributed by atoms with Crippen molar-refractivity contribution in [1.82, 2.24) is 9.88 Å². The van der Waals surface area contributed by atoms with E-state index < -0.39 is 0 Å². The van der Waals surface area contributed by atoms with Gasteiger partial charge in [0.05, 0.1) is 6.61 Å². The average Bonchev–Trinajstić information content (AvgIpc) is 3.13. The molecule has 104 valence electrons. The number of aromatic nitrogens is 1. The monoisotopic (exact) mass is 262 g/mol. The molecule has 0 aromatic carbocycles. The molecule has 0 aliphatic heterocycles. The molecule has 1 saturated carbocycles. The van der Waals surface area contributed by atoms with Crippen molar-refractivity contribution in [2.75, 3.05) is 13.7 Å². The van der Waals surface area contributed by atoms with Crippen LogP contribution in [-0.2, 0) is 30.7 Å². The Bertz CT molecular complexity index is 518. The number of hydrogen-bond acceptors (Lipinski definition) is 3. The lowest BCUT2D eigenvalue weighted by Crippen LogP contribution is -2.31. The third-order valence-electron chi connectivity index (χ3n) is 4.10. The molecule has 0 atom stereocenters. The first-order valence-electron chi connectivity index (χ1n) is 7.26. The van der Waals surface area contributed by atoms with E-state index in [4.69, 9.17) is 4.74 Å². The Kier molecular flexibility index (Phi) is 3.71. The molecule has 1 heterocycles. The van der Waals surface area contributed by atoms with Crippen LogP contribution in [-0.4, -0.2) is 24.3 Å². The summed E-state index contributed by atoms with van der Waals surface area (Å²) in [6.45, 7) is 1.99. The maximum atomic E-state index is 12.5. The summed E-state index contributed by atoms with van der Waals surface area (Å²) < 4.78 is 7.07. The summed E-state index contributed by atoms with van der Waals surface area (Å²) in [5.74, 6) is 0. The van der Waals surface area contributed by atoms with E-state index in [0.29, 0.717) is 25.7 Å². The highest BCUT2D eigenvalue weighted by molar-refractivity contribution is 5.30. The molecule has 0 amide bonds. The number of fused-ring (bicyclic) bond motifs is 1. The van der Waals surface area contributed by atoms with Gasteiger partial charge in [-0.1, -0.05) is 0 Å². The fourth-order valence-electron chi connectivity index (χ4n) is 2.87. The minimum absolute atomic E-state index is 0.172. The quantitative estimate of drug-likeness (QED) is 0.838. The van der Waals surface area contributed by atoms with Crippen LogP contribution in [0.15, 0.2) is 10.9 Å². The Hall–Kier alpha value is -1.13. The summed E-state index contributed by atoms with van der Waals surface area (Å²) in [5.41, 5.74) is 3.69. The predicted octanol–water partition coefficient (Wildman–Crippen LogP) is 1.24. The van der Waals surface area contributed by atoms with Crippen LogP contribution in [0, 0.1) is 0 Å². The summed E-state index contributed by atoms with van der Waals surface area (Å²) in [6.07, 6.45) is 5.82. The van der Waals surface area contributed by atoms with Gasteiger partial charge in [0.25, 0.3) is 5.56 Å². The van der Waals surface area contributed by atoms with Crippen molar-refractivity contribution in [1.29, 1.82) is 0 Å². The van der Waals surface area contributed by atoms with E-state index in [0.717, 1.165) is 18.4 Å². The fraction of sp³-hybridized carbons (Fsp3) is 0.667. The highest BCUT2D eigenvalue weighted by Gasteiger charge is 2.22. The molecule has 1 fully saturated rings.